The molecule has 0 aliphatic carbocycles. The van der Waals surface area contributed by atoms with Gasteiger partial charge in [0.25, 0.3) is 5.91 Å². The van der Waals surface area contributed by atoms with Crippen molar-refractivity contribution in [1.82, 2.24) is 5.32 Å². The molecule has 0 heterocycles. The molecule has 1 rings (SSSR count). The van der Waals surface area contributed by atoms with Crippen molar-refractivity contribution < 1.29 is 9.90 Å². The normalized spacial score (nSPS) is 9.47. The Balaban J connectivity index is 2.77. The van der Waals surface area contributed by atoms with Crippen LogP contribution in [-0.2, 0) is 0 Å². The van der Waals surface area contributed by atoms with E-state index in [1.54, 1.807) is 0 Å². The van der Waals surface area contributed by atoms with E-state index in [-0.39, 0.29) is 22.9 Å². The molecule has 2 N–H and O–H groups in total. The molecule has 1 aromatic carbocycles. The van der Waals surface area contributed by atoms with Crippen LogP contribution in [0.4, 0.5) is 5.69 Å². The van der Waals surface area contributed by atoms with Crippen LogP contribution in [0.5, 0.6) is 5.75 Å². The Hall–Kier alpha value is -2.20. The summed E-state index contributed by atoms with van der Waals surface area (Å²) in [6.45, 7) is 2.60. The summed E-state index contributed by atoms with van der Waals surface area (Å²) in [5.41, 5.74) is 8.68. The zero-order valence-electron chi connectivity index (χ0n) is 9.55. The van der Waals surface area contributed by atoms with Crippen LogP contribution in [0.1, 0.15) is 30.1 Å². The molecular formula is C11H14N4O2. The maximum atomic E-state index is 11.6. The molecular weight excluding hydrogens is 220 g/mol. The molecule has 6 nitrogen and oxygen atoms in total. The molecule has 0 aliphatic rings. The highest BCUT2D eigenvalue weighted by Crippen LogP contribution is 2.23. The van der Waals surface area contributed by atoms with Crippen LogP contribution in [0.25, 0.3) is 10.4 Å². The molecule has 0 aliphatic heterocycles. The molecule has 0 unspecified atom stereocenters. The standard InChI is InChI=1S/C11H14N4O2/c1-2-3-6-13-11(17)9-5-4-8(14-15-12)7-10(9)16/h4-5,7,16H,2-3,6H2,1H3,(H,13,17). The SMILES string of the molecule is CCCCNC(=O)c1ccc(N=[N+]=[N-])cc1O. The van der Waals surface area contributed by atoms with Crippen LogP contribution in [0.15, 0.2) is 23.3 Å². The Morgan fingerprint density at radius 2 is 2.35 bits per heavy atom. The lowest BCUT2D eigenvalue weighted by Gasteiger charge is -2.06. The number of nitrogens with one attached hydrogen (secondary N) is 1. The Morgan fingerprint density at radius 3 is 2.94 bits per heavy atom. The fraction of sp³-hybridized carbons (Fsp3) is 0.364. The van der Waals surface area contributed by atoms with Gasteiger partial charge in [0.1, 0.15) is 5.75 Å². The highest BCUT2D eigenvalue weighted by atomic mass is 16.3. The minimum atomic E-state index is -0.330. The summed E-state index contributed by atoms with van der Waals surface area (Å²) >= 11 is 0. The van der Waals surface area contributed by atoms with Gasteiger partial charge in [-0.05, 0) is 24.1 Å². The van der Waals surface area contributed by atoms with E-state index in [4.69, 9.17) is 5.53 Å². The van der Waals surface area contributed by atoms with E-state index in [2.05, 4.69) is 15.3 Å². The zero-order chi connectivity index (χ0) is 12.7. The van der Waals surface area contributed by atoms with Crippen molar-refractivity contribution in [3.8, 4) is 5.75 Å². The fourth-order valence-electron chi connectivity index (χ4n) is 1.30. The summed E-state index contributed by atoms with van der Waals surface area (Å²) in [5, 5.41) is 15.6. The van der Waals surface area contributed by atoms with Gasteiger partial charge >= 0.3 is 0 Å². The Kier molecular flexibility index (Phi) is 4.84. The topological polar surface area (TPSA) is 98.1 Å². The van der Waals surface area contributed by atoms with Crippen LogP contribution >= 0.6 is 0 Å². The van der Waals surface area contributed by atoms with Gasteiger partial charge in [0.2, 0.25) is 0 Å². The van der Waals surface area contributed by atoms with E-state index in [0.29, 0.717) is 6.54 Å². The first-order chi connectivity index (χ1) is 8.19. The summed E-state index contributed by atoms with van der Waals surface area (Å²) in [7, 11) is 0. The first-order valence-corrected chi connectivity index (χ1v) is 5.35. The molecule has 0 saturated carbocycles. The van der Waals surface area contributed by atoms with Crippen LogP contribution < -0.4 is 5.32 Å². The van der Waals surface area contributed by atoms with Crippen molar-refractivity contribution >= 4 is 11.6 Å². The molecule has 0 spiro atoms. The van der Waals surface area contributed by atoms with Gasteiger partial charge in [0.15, 0.2) is 0 Å². The van der Waals surface area contributed by atoms with E-state index < -0.39 is 0 Å². The van der Waals surface area contributed by atoms with Gasteiger partial charge in [-0.1, -0.05) is 24.5 Å². The molecule has 0 fully saturated rings. The first kappa shape index (κ1) is 12.9. The Bertz CT molecular complexity index is 453. The maximum Gasteiger partial charge on any atom is 0.255 e. The average molecular weight is 234 g/mol. The third-order valence-corrected chi connectivity index (χ3v) is 2.20. The minimum absolute atomic E-state index is 0.179. The van der Waals surface area contributed by atoms with Crippen molar-refractivity contribution in [3.05, 3.63) is 34.2 Å². The number of unbranched alkanes of at least 4 members (excludes halogenated alkanes) is 1. The van der Waals surface area contributed by atoms with Crippen LogP contribution in [0.2, 0.25) is 0 Å². The number of hydrogen-bond donors (Lipinski definition) is 2. The van der Waals surface area contributed by atoms with Gasteiger partial charge in [0, 0.05) is 17.1 Å². The molecule has 1 aromatic rings. The number of carbonyl (C=O) groups excluding carboxylic acids is 1. The predicted octanol–water partition coefficient (Wildman–Crippen LogP) is 2.86. The number of aromatic hydroxyl groups is 1. The number of carbonyl (C=O) groups is 1. The second-order valence-corrected chi connectivity index (χ2v) is 3.50. The molecule has 6 heteroatoms. The number of nitrogens with zero attached hydrogens (tertiary/aromatic N) is 3. The second-order valence-electron chi connectivity index (χ2n) is 3.50. The molecule has 0 bridgehead atoms. The quantitative estimate of drug-likeness (QED) is 0.354. The van der Waals surface area contributed by atoms with Gasteiger partial charge in [-0.2, -0.15) is 0 Å². The zero-order valence-corrected chi connectivity index (χ0v) is 9.55. The van der Waals surface area contributed by atoms with Crippen molar-refractivity contribution in [2.24, 2.45) is 5.11 Å². The third-order valence-electron chi connectivity index (χ3n) is 2.20. The van der Waals surface area contributed by atoms with Crippen LogP contribution in [-0.4, -0.2) is 17.6 Å². The van der Waals surface area contributed by atoms with Crippen molar-refractivity contribution in [2.45, 2.75) is 19.8 Å². The Labute approximate surface area is 98.9 Å². The second kappa shape index (κ2) is 6.40. The lowest BCUT2D eigenvalue weighted by Crippen LogP contribution is -2.24. The molecule has 1 amide bonds. The number of benzene rings is 1. The molecule has 17 heavy (non-hydrogen) atoms. The van der Waals surface area contributed by atoms with Gasteiger partial charge in [0.05, 0.1) is 5.56 Å². The van der Waals surface area contributed by atoms with Gasteiger partial charge in [-0.25, -0.2) is 0 Å². The average Bonchev–Trinajstić information content (AvgIpc) is 2.29. The Morgan fingerprint density at radius 1 is 1.59 bits per heavy atom. The summed E-state index contributed by atoms with van der Waals surface area (Å²) in [5.74, 6) is -0.521. The van der Waals surface area contributed by atoms with E-state index >= 15 is 0 Å². The number of hydrogen-bond acceptors (Lipinski definition) is 3. The lowest BCUT2D eigenvalue weighted by molar-refractivity contribution is 0.0950. The lowest BCUT2D eigenvalue weighted by atomic mass is 10.1. The molecule has 0 atom stereocenters. The van der Waals surface area contributed by atoms with E-state index in [9.17, 15) is 9.90 Å². The minimum Gasteiger partial charge on any atom is -0.507 e. The number of phenolic OH excluding ortho intramolecular Hbond substituents is 1. The summed E-state index contributed by atoms with van der Waals surface area (Å²) in [6, 6.07) is 4.17. The maximum absolute atomic E-state index is 11.6. The smallest absolute Gasteiger partial charge is 0.255 e. The van der Waals surface area contributed by atoms with E-state index in [1.165, 1.54) is 18.2 Å². The van der Waals surface area contributed by atoms with Gasteiger partial charge in [-0.3, -0.25) is 4.79 Å². The largest absolute Gasteiger partial charge is 0.507 e. The number of azide groups is 1. The van der Waals surface area contributed by atoms with Crippen molar-refractivity contribution in [1.29, 1.82) is 0 Å². The first-order valence-electron chi connectivity index (χ1n) is 5.35. The van der Waals surface area contributed by atoms with Crippen LogP contribution in [0, 0.1) is 0 Å². The number of phenols is 1. The fourth-order valence-corrected chi connectivity index (χ4v) is 1.30. The summed E-state index contributed by atoms with van der Waals surface area (Å²) in [4.78, 5) is 14.2. The van der Waals surface area contributed by atoms with Crippen LogP contribution in [0.3, 0.4) is 0 Å². The van der Waals surface area contributed by atoms with Gasteiger partial charge < -0.3 is 10.4 Å². The van der Waals surface area contributed by atoms with Gasteiger partial charge in [-0.15, -0.1) is 0 Å². The highest BCUT2D eigenvalue weighted by Gasteiger charge is 2.10. The number of rotatable bonds is 5. The molecule has 0 radical (unpaired) electrons. The predicted molar refractivity (Wildman–Crippen MR) is 64.2 cm³/mol. The van der Waals surface area contributed by atoms with E-state index in [0.717, 1.165) is 12.8 Å². The third kappa shape index (κ3) is 3.70. The number of amides is 1. The molecule has 0 saturated heterocycles. The monoisotopic (exact) mass is 234 g/mol. The summed E-state index contributed by atoms with van der Waals surface area (Å²) < 4.78 is 0. The van der Waals surface area contributed by atoms with E-state index in [1.807, 2.05) is 6.92 Å². The molecule has 0 aromatic heterocycles. The molecule has 90 valence electrons. The van der Waals surface area contributed by atoms with Crippen molar-refractivity contribution in [2.75, 3.05) is 6.54 Å². The summed E-state index contributed by atoms with van der Waals surface area (Å²) in [6.07, 6.45) is 1.88. The van der Waals surface area contributed by atoms with Crippen molar-refractivity contribution in [3.63, 3.8) is 0 Å². The highest BCUT2D eigenvalue weighted by molar-refractivity contribution is 5.97.